The highest BCUT2D eigenvalue weighted by atomic mass is 16.7. The summed E-state index contributed by atoms with van der Waals surface area (Å²) >= 11 is 0. The van der Waals surface area contributed by atoms with E-state index in [0.29, 0.717) is 19.4 Å². The van der Waals surface area contributed by atoms with Crippen LogP contribution in [0.3, 0.4) is 0 Å². The smallest absolute Gasteiger partial charge is 0.312 e. The Balaban J connectivity index is 1.22. The molecule has 3 aliphatic rings. The minimum absolute atomic E-state index is 0.328. The minimum Gasteiger partial charge on any atom is -0.454 e. The number of piperidine rings is 1. The molecule has 2 amide bonds. The largest absolute Gasteiger partial charge is 0.454 e. The molecule has 8 heteroatoms. The third-order valence-electron chi connectivity index (χ3n) is 5.97. The van der Waals surface area contributed by atoms with Crippen LogP contribution in [-0.4, -0.2) is 85.9 Å². The van der Waals surface area contributed by atoms with E-state index >= 15 is 0 Å². The Labute approximate surface area is 166 Å². The first-order chi connectivity index (χ1) is 13.7. The predicted molar refractivity (Wildman–Crippen MR) is 106 cm³/mol. The Morgan fingerprint density at radius 2 is 1.93 bits per heavy atom. The molecule has 2 fully saturated rings. The van der Waals surface area contributed by atoms with Crippen molar-refractivity contribution < 1.29 is 14.3 Å². The highest BCUT2D eigenvalue weighted by molar-refractivity contribution is 5.71. The van der Waals surface area contributed by atoms with Gasteiger partial charge in [-0.25, -0.2) is 4.79 Å². The van der Waals surface area contributed by atoms with Crippen LogP contribution >= 0.6 is 0 Å². The molecule has 1 aromatic carbocycles. The van der Waals surface area contributed by atoms with E-state index in [1.54, 1.807) is 0 Å². The molecule has 0 bridgehead atoms. The van der Waals surface area contributed by atoms with Crippen molar-refractivity contribution in [3.63, 3.8) is 0 Å². The van der Waals surface area contributed by atoms with Gasteiger partial charge in [-0.3, -0.25) is 9.80 Å². The van der Waals surface area contributed by atoms with Gasteiger partial charge in [-0.15, -0.1) is 0 Å². The van der Waals surface area contributed by atoms with Crippen LogP contribution in [0.4, 0.5) is 4.79 Å². The molecule has 28 heavy (non-hydrogen) atoms. The van der Waals surface area contributed by atoms with E-state index < -0.39 is 6.03 Å². The molecule has 2 saturated heterocycles. The van der Waals surface area contributed by atoms with Gasteiger partial charge in [0, 0.05) is 58.4 Å². The number of primary amides is 1. The number of fused-ring (bicyclic) bond motifs is 1. The molecule has 3 aliphatic heterocycles. The van der Waals surface area contributed by atoms with Gasteiger partial charge < -0.3 is 25.4 Å². The zero-order valence-electron chi connectivity index (χ0n) is 16.4. The van der Waals surface area contributed by atoms with Crippen molar-refractivity contribution in [2.45, 2.75) is 25.4 Å². The second-order valence-corrected chi connectivity index (χ2v) is 7.89. The van der Waals surface area contributed by atoms with Gasteiger partial charge >= 0.3 is 6.03 Å². The zero-order chi connectivity index (χ0) is 19.3. The van der Waals surface area contributed by atoms with Gasteiger partial charge in [-0.2, -0.15) is 0 Å². The molecule has 1 aromatic rings. The number of carbonyl (C=O) groups excluding carboxylic acids is 1. The maximum absolute atomic E-state index is 10.8. The second kappa shape index (κ2) is 8.98. The molecule has 4 rings (SSSR count). The Kier molecular flexibility index (Phi) is 6.19. The molecule has 0 radical (unpaired) electrons. The summed E-state index contributed by atoms with van der Waals surface area (Å²) in [7, 11) is 0. The van der Waals surface area contributed by atoms with E-state index in [9.17, 15) is 4.79 Å². The number of nitrogens with zero attached hydrogens (tertiary/aromatic N) is 3. The van der Waals surface area contributed by atoms with E-state index in [1.165, 1.54) is 18.4 Å². The molecule has 0 aromatic heterocycles. The first kappa shape index (κ1) is 19.3. The molecular weight excluding hydrogens is 358 g/mol. The molecule has 3 N–H and O–H groups in total. The molecule has 0 spiro atoms. The first-order valence-electron chi connectivity index (χ1n) is 10.3. The maximum Gasteiger partial charge on any atom is 0.312 e. The van der Waals surface area contributed by atoms with E-state index in [1.807, 2.05) is 6.07 Å². The normalized spacial score (nSPS) is 23.6. The number of urea groups is 1. The Morgan fingerprint density at radius 3 is 2.75 bits per heavy atom. The summed E-state index contributed by atoms with van der Waals surface area (Å²) in [6.07, 6.45) is 2.49. The average Bonchev–Trinajstić information content (AvgIpc) is 3.16. The Bertz CT molecular complexity index is 678. The van der Waals surface area contributed by atoms with Crippen molar-refractivity contribution in [3.05, 3.63) is 23.8 Å². The predicted octanol–water partition coefficient (Wildman–Crippen LogP) is 0.666. The van der Waals surface area contributed by atoms with Gasteiger partial charge in [0.05, 0.1) is 0 Å². The maximum atomic E-state index is 10.8. The lowest BCUT2D eigenvalue weighted by Gasteiger charge is -2.43. The fourth-order valence-corrected chi connectivity index (χ4v) is 4.45. The lowest BCUT2D eigenvalue weighted by Crippen LogP contribution is -2.55. The number of hydrogen-bond donors (Lipinski definition) is 2. The number of benzene rings is 1. The highest BCUT2D eigenvalue weighted by Gasteiger charge is 2.28. The SMILES string of the molecule is NC(=O)NCCN1CCC[C@@H](N2CCN(Cc3ccc4c(c3)OCO4)CC2)C1. The molecule has 8 nitrogen and oxygen atoms in total. The number of rotatable bonds is 6. The molecule has 3 heterocycles. The summed E-state index contributed by atoms with van der Waals surface area (Å²) in [5.41, 5.74) is 6.43. The van der Waals surface area contributed by atoms with Gasteiger partial charge in [-0.1, -0.05) is 6.07 Å². The van der Waals surface area contributed by atoms with Crippen LogP contribution in [0.15, 0.2) is 18.2 Å². The van der Waals surface area contributed by atoms with E-state index in [4.69, 9.17) is 15.2 Å². The van der Waals surface area contributed by atoms with E-state index in [2.05, 4.69) is 32.1 Å². The van der Waals surface area contributed by atoms with Crippen LogP contribution in [0.2, 0.25) is 0 Å². The number of nitrogens with two attached hydrogens (primary N) is 1. The van der Waals surface area contributed by atoms with Gasteiger partial charge in [-0.05, 0) is 37.1 Å². The van der Waals surface area contributed by atoms with Crippen molar-refractivity contribution in [1.82, 2.24) is 20.0 Å². The lowest BCUT2D eigenvalue weighted by molar-refractivity contribution is 0.0504. The van der Waals surface area contributed by atoms with Crippen LogP contribution in [0.1, 0.15) is 18.4 Å². The van der Waals surface area contributed by atoms with Gasteiger partial charge in [0.25, 0.3) is 0 Å². The quantitative estimate of drug-likeness (QED) is 0.744. The van der Waals surface area contributed by atoms with Gasteiger partial charge in [0.15, 0.2) is 11.5 Å². The molecule has 0 aliphatic carbocycles. The summed E-state index contributed by atoms with van der Waals surface area (Å²) in [4.78, 5) is 18.4. The number of carbonyl (C=O) groups is 1. The van der Waals surface area contributed by atoms with Crippen molar-refractivity contribution in [2.24, 2.45) is 5.73 Å². The molecule has 0 unspecified atom stereocenters. The lowest BCUT2D eigenvalue weighted by atomic mass is 10.0. The first-order valence-corrected chi connectivity index (χ1v) is 10.3. The zero-order valence-corrected chi connectivity index (χ0v) is 16.4. The van der Waals surface area contributed by atoms with Crippen molar-refractivity contribution in [1.29, 1.82) is 0 Å². The molecular formula is C20H31N5O3. The summed E-state index contributed by atoms with van der Waals surface area (Å²) in [5.74, 6) is 1.71. The minimum atomic E-state index is -0.438. The Hall–Kier alpha value is -2.03. The Morgan fingerprint density at radius 1 is 1.11 bits per heavy atom. The number of hydrogen-bond acceptors (Lipinski definition) is 6. The topological polar surface area (TPSA) is 83.3 Å². The number of amides is 2. The van der Waals surface area contributed by atoms with Crippen LogP contribution < -0.4 is 20.5 Å². The van der Waals surface area contributed by atoms with Crippen molar-refractivity contribution in [3.8, 4) is 11.5 Å². The van der Waals surface area contributed by atoms with E-state index in [0.717, 1.165) is 63.9 Å². The average molecular weight is 390 g/mol. The van der Waals surface area contributed by atoms with Gasteiger partial charge in [0.2, 0.25) is 6.79 Å². The number of piperazine rings is 1. The van der Waals surface area contributed by atoms with Crippen molar-refractivity contribution >= 4 is 6.03 Å². The fourth-order valence-electron chi connectivity index (χ4n) is 4.45. The molecule has 1 atom stereocenters. The van der Waals surface area contributed by atoms with Crippen LogP contribution in [0.25, 0.3) is 0 Å². The fraction of sp³-hybridized carbons (Fsp3) is 0.650. The monoisotopic (exact) mass is 389 g/mol. The third kappa shape index (κ3) is 4.87. The highest BCUT2D eigenvalue weighted by Crippen LogP contribution is 2.33. The number of ether oxygens (including phenoxy) is 2. The summed E-state index contributed by atoms with van der Waals surface area (Å²) in [6.45, 7) is 9.40. The molecule has 154 valence electrons. The van der Waals surface area contributed by atoms with E-state index in [-0.39, 0.29) is 0 Å². The molecule has 0 saturated carbocycles. The summed E-state index contributed by atoms with van der Waals surface area (Å²) in [6, 6.07) is 6.44. The van der Waals surface area contributed by atoms with Crippen molar-refractivity contribution in [2.75, 3.05) is 59.2 Å². The summed E-state index contributed by atoms with van der Waals surface area (Å²) < 4.78 is 10.9. The number of nitrogens with one attached hydrogen (secondary N) is 1. The van der Waals surface area contributed by atoms with Crippen LogP contribution in [0.5, 0.6) is 11.5 Å². The second-order valence-electron chi connectivity index (χ2n) is 7.89. The third-order valence-corrected chi connectivity index (χ3v) is 5.97. The standard InChI is InChI=1S/C20H31N5O3/c21-20(26)22-5-7-23-6-1-2-17(14-23)25-10-8-24(9-11-25)13-16-3-4-18-19(12-16)28-15-27-18/h3-4,12,17H,1-2,5-11,13-15H2,(H3,21,22,26)/t17-/m1/s1. The number of likely N-dealkylation sites (tertiary alicyclic amines) is 1. The van der Waals surface area contributed by atoms with Gasteiger partial charge in [0.1, 0.15) is 0 Å². The van der Waals surface area contributed by atoms with Crippen LogP contribution in [0, 0.1) is 0 Å². The summed E-state index contributed by atoms with van der Waals surface area (Å²) in [5, 5.41) is 2.69. The van der Waals surface area contributed by atoms with Crippen LogP contribution in [-0.2, 0) is 6.54 Å².